The van der Waals surface area contributed by atoms with Crippen LogP contribution in [-0.2, 0) is 9.53 Å². The van der Waals surface area contributed by atoms with Gasteiger partial charge >= 0.3 is 5.97 Å². The van der Waals surface area contributed by atoms with Gasteiger partial charge in [-0.1, -0.05) is 0 Å². The Kier molecular flexibility index (Phi) is 2.44. The van der Waals surface area contributed by atoms with Crippen LogP contribution in [0.2, 0.25) is 0 Å². The Labute approximate surface area is 69.9 Å². The van der Waals surface area contributed by atoms with Gasteiger partial charge in [0.15, 0.2) is 0 Å². The van der Waals surface area contributed by atoms with Crippen LogP contribution in [0.1, 0.15) is 17.4 Å². The molecular formula is C7H11N3O2. The Morgan fingerprint density at radius 3 is 2.92 bits per heavy atom. The van der Waals surface area contributed by atoms with Crippen molar-refractivity contribution in [2.24, 2.45) is 5.73 Å². The number of ether oxygens (including phenoxy) is 1. The highest BCUT2D eigenvalue weighted by Crippen LogP contribution is 2.11. The van der Waals surface area contributed by atoms with Gasteiger partial charge in [-0.2, -0.15) is 0 Å². The van der Waals surface area contributed by atoms with Crippen LogP contribution in [0.3, 0.4) is 0 Å². The van der Waals surface area contributed by atoms with Crippen molar-refractivity contribution in [3.8, 4) is 0 Å². The Morgan fingerprint density at radius 1 is 1.83 bits per heavy atom. The molecule has 12 heavy (non-hydrogen) atoms. The molecule has 0 aliphatic carbocycles. The number of hydrogen-bond acceptors (Lipinski definition) is 4. The molecule has 0 aliphatic rings. The minimum atomic E-state index is -0.791. The van der Waals surface area contributed by atoms with Crippen LogP contribution < -0.4 is 5.73 Å². The number of nitrogens with two attached hydrogens (primary N) is 1. The number of aromatic nitrogens is 2. The molecule has 0 saturated carbocycles. The second kappa shape index (κ2) is 3.36. The molecular weight excluding hydrogens is 158 g/mol. The van der Waals surface area contributed by atoms with Crippen molar-refractivity contribution < 1.29 is 9.53 Å². The number of imidazole rings is 1. The molecule has 0 amide bonds. The maximum Gasteiger partial charge on any atom is 0.328 e. The normalized spacial score (nSPS) is 12.6. The average Bonchev–Trinajstić information content (AvgIpc) is 2.48. The summed E-state index contributed by atoms with van der Waals surface area (Å²) in [4.78, 5) is 17.7. The number of nitrogens with zero attached hydrogens (tertiary/aromatic N) is 1. The molecule has 1 heterocycles. The number of rotatable bonds is 2. The Hall–Kier alpha value is -1.36. The summed E-state index contributed by atoms with van der Waals surface area (Å²) < 4.78 is 4.47. The standard InChI is InChI=1S/C7H11N3O2/c1-4-6(10-3-9-4)5(8)7(11)12-2/h3,5H,8H2,1-2H3,(H,9,10). The van der Waals surface area contributed by atoms with Gasteiger partial charge in [-0.3, -0.25) is 0 Å². The molecule has 0 spiro atoms. The predicted octanol–water partition coefficient (Wildman–Crippen LogP) is -0.109. The van der Waals surface area contributed by atoms with Gasteiger partial charge in [-0.25, -0.2) is 9.78 Å². The van der Waals surface area contributed by atoms with Crippen molar-refractivity contribution in [1.82, 2.24) is 9.97 Å². The lowest BCUT2D eigenvalue weighted by Gasteiger charge is -2.06. The van der Waals surface area contributed by atoms with Gasteiger partial charge in [0.1, 0.15) is 6.04 Å². The number of hydrogen-bond donors (Lipinski definition) is 2. The smallest absolute Gasteiger partial charge is 0.328 e. The first-order valence-corrected chi connectivity index (χ1v) is 3.50. The summed E-state index contributed by atoms with van der Waals surface area (Å²) in [5, 5.41) is 0. The van der Waals surface area contributed by atoms with E-state index < -0.39 is 12.0 Å². The molecule has 1 aromatic heterocycles. The topological polar surface area (TPSA) is 81.0 Å². The molecule has 0 aliphatic heterocycles. The minimum absolute atomic E-state index is 0.481. The molecule has 1 rings (SSSR count). The van der Waals surface area contributed by atoms with Crippen LogP contribution in [-0.4, -0.2) is 23.0 Å². The predicted molar refractivity (Wildman–Crippen MR) is 42.3 cm³/mol. The van der Waals surface area contributed by atoms with E-state index in [1.54, 1.807) is 6.92 Å². The maximum atomic E-state index is 11.0. The van der Waals surface area contributed by atoms with Gasteiger partial charge in [0.05, 0.1) is 19.1 Å². The largest absolute Gasteiger partial charge is 0.468 e. The molecule has 3 N–H and O–H groups in total. The second-order valence-electron chi connectivity index (χ2n) is 2.41. The quantitative estimate of drug-likeness (QED) is 0.605. The summed E-state index contributed by atoms with van der Waals surface area (Å²) in [6.07, 6.45) is 1.49. The Bertz CT molecular complexity index is 282. The first kappa shape index (κ1) is 8.73. The highest BCUT2D eigenvalue weighted by atomic mass is 16.5. The fraction of sp³-hybridized carbons (Fsp3) is 0.429. The molecule has 1 atom stereocenters. The van der Waals surface area contributed by atoms with Crippen molar-refractivity contribution >= 4 is 5.97 Å². The van der Waals surface area contributed by atoms with Crippen LogP contribution in [0.15, 0.2) is 6.33 Å². The third-order valence-corrected chi connectivity index (χ3v) is 1.62. The number of methoxy groups -OCH3 is 1. The van der Waals surface area contributed by atoms with E-state index in [0.29, 0.717) is 5.69 Å². The monoisotopic (exact) mass is 169 g/mol. The number of carbonyl (C=O) groups excluding carboxylic acids is 1. The number of H-pyrrole nitrogens is 1. The van der Waals surface area contributed by atoms with E-state index in [-0.39, 0.29) is 0 Å². The first-order chi connectivity index (χ1) is 5.66. The van der Waals surface area contributed by atoms with Gasteiger partial charge in [0.2, 0.25) is 0 Å². The van der Waals surface area contributed by atoms with Crippen molar-refractivity contribution in [2.45, 2.75) is 13.0 Å². The molecule has 1 unspecified atom stereocenters. The number of nitrogens with one attached hydrogen (secondary N) is 1. The van der Waals surface area contributed by atoms with Crippen LogP contribution in [0.25, 0.3) is 0 Å². The number of carbonyl (C=O) groups is 1. The van der Waals surface area contributed by atoms with Gasteiger partial charge in [-0.05, 0) is 6.92 Å². The molecule has 66 valence electrons. The summed E-state index contributed by atoms with van der Waals surface area (Å²) in [7, 11) is 1.30. The average molecular weight is 169 g/mol. The van der Waals surface area contributed by atoms with E-state index in [4.69, 9.17) is 5.73 Å². The van der Waals surface area contributed by atoms with Crippen LogP contribution in [0, 0.1) is 6.92 Å². The fourth-order valence-electron chi connectivity index (χ4n) is 0.922. The van der Waals surface area contributed by atoms with Crippen molar-refractivity contribution in [3.63, 3.8) is 0 Å². The zero-order valence-electron chi connectivity index (χ0n) is 7.00. The highest BCUT2D eigenvalue weighted by molar-refractivity contribution is 5.76. The molecule has 5 heteroatoms. The van der Waals surface area contributed by atoms with Crippen molar-refractivity contribution in [3.05, 3.63) is 17.7 Å². The van der Waals surface area contributed by atoms with Crippen LogP contribution in [0.4, 0.5) is 0 Å². The van der Waals surface area contributed by atoms with Gasteiger partial charge in [0, 0.05) is 5.69 Å². The van der Waals surface area contributed by atoms with Crippen LogP contribution in [0.5, 0.6) is 0 Å². The lowest BCUT2D eigenvalue weighted by molar-refractivity contribution is -0.142. The summed E-state index contributed by atoms with van der Waals surface area (Å²) in [6.45, 7) is 1.80. The van der Waals surface area contributed by atoms with E-state index in [1.807, 2.05) is 0 Å². The number of esters is 1. The van der Waals surface area contributed by atoms with E-state index in [9.17, 15) is 4.79 Å². The highest BCUT2D eigenvalue weighted by Gasteiger charge is 2.19. The minimum Gasteiger partial charge on any atom is -0.468 e. The summed E-state index contributed by atoms with van der Waals surface area (Å²) in [6, 6.07) is -0.791. The summed E-state index contributed by atoms with van der Waals surface area (Å²) >= 11 is 0. The van der Waals surface area contributed by atoms with Crippen molar-refractivity contribution in [2.75, 3.05) is 7.11 Å². The molecule has 0 saturated heterocycles. The lowest BCUT2D eigenvalue weighted by atomic mass is 10.2. The Morgan fingerprint density at radius 2 is 2.50 bits per heavy atom. The third kappa shape index (κ3) is 1.45. The molecule has 0 aromatic carbocycles. The number of aromatic amines is 1. The van der Waals surface area contributed by atoms with E-state index in [0.717, 1.165) is 5.69 Å². The zero-order valence-corrected chi connectivity index (χ0v) is 7.00. The molecule has 0 fully saturated rings. The second-order valence-corrected chi connectivity index (χ2v) is 2.41. The van der Waals surface area contributed by atoms with Gasteiger partial charge < -0.3 is 15.5 Å². The Balaban J connectivity index is 2.84. The van der Waals surface area contributed by atoms with Gasteiger partial charge in [0.25, 0.3) is 0 Å². The van der Waals surface area contributed by atoms with Crippen molar-refractivity contribution in [1.29, 1.82) is 0 Å². The molecule has 5 nitrogen and oxygen atoms in total. The van der Waals surface area contributed by atoms with E-state index >= 15 is 0 Å². The van der Waals surface area contributed by atoms with E-state index in [1.165, 1.54) is 13.4 Å². The fourth-order valence-corrected chi connectivity index (χ4v) is 0.922. The maximum absolute atomic E-state index is 11.0. The zero-order chi connectivity index (χ0) is 9.14. The SMILES string of the molecule is COC(=O)C(N)c1nc[nH]c1C. The first-order valence-electron chi connectivity index (χ1n) is 3.50. The third-order valence-electron chi connectivity index (χ3n) is 1.62. The molecule has 0 radical (unpaired) electrons. The summed E-state index contributed by atoms with van der Waals surface area (Å²) in [5.74, 6) is -0.481. The van der Waals surface area contributed by atoms with E-state index in [2.05, 4.69) is 14.7 Å². The number of aryl methyl sites for hydroxylation is 1. The van der Waals surface area contributed by atoms with Gasteiger partial charge in [-0.15, -0.1) is 0 Å². The molecule has 0 bridgehead atoms. The summed E-state index contributed by atoms with van der Waals surface area (Å²) in [5.41, 5.74) is 6.85. The van der Waals surface area contributed by atoms with Crippen LogP contribution >= 0.6 is 0 Å². The molecule has 1 aromatic rings. The lowest BCUT2D eigenvalue weighted by Crippen LogP contribution is -2.23.